The summed E-state index contributed by atoms with van der Waals surface area (Å²) in [5.74, 6) is -0.795. The first kappa shape index (κ1) is 20.0. The van der Waals surface area contributed by atoms with E-state index in [1.54, 1.807) is 23.3 Å². The first-order valence-electron chi connectivity index (χ1n) is 9.71. The van der Waals surface area contributed by atoms with E-state index in [-0.39, 0.29) is 12.5 Å². The molecule has 3 nitrogen and oxygen atoms in total. The van der Waals surface area contributed by atoms with Gasteiger partial charge < -0.3 is 9.41 Å². The zero-order chi connectivity index (χ0) is 20.9. The molecule has 1 atom stereocenters. The van der Waals surface area contributed by atoms with Crippen LogP contribution in [-0.2, 0) is 11.2 Å². The average molecular weight is 424 g/mol. The number of fused-ring (bicyclic) bond motifs is 3. The Balaban J connectivity index is 2.11. The molecule has 0 amide bonds. The monoisotopic (exact) mass is 423 g/mol. The Labute approximate surface area is 180 Å². The number of hydrogen-bond donors (Lipinski definition) is 1. The van der Waals surface area contributed by atoms with E-state index < -0.39 is 5.97 Å². The number of aryl methyl sites for hydroxylation is 1. The summed E-state index contributed by atoms with van der Waals surface area (Å²) in [6.07, 6.45) is 2.12. The Morgan fingerprint density at radius 1 is 1.10 bits per heavy atom. The summed E-state index contributed by atoms with van der Waals surface area (Å²) >= 11 is 3.51. The summed E-state index contributed by atoms with van der Waals surface area (Å²) in [6.45, 7) is 8.53. The first-order chi connectivity index (χ1) is 13.8. The maximum Gasteiger partial charge on any atom is 0.307 e. The van der Waals surface area contributed by atoms with Gasteiger partial charge in [-0.15, -0.1) is 11.3 Å². The number of thiophene rings is 1. The lowest BCUT2D eigenvalue weighted by Crippen LogP contribution is -2.25. The lowest BCUT2D eigenvalue weighted by Gasteiger charge is -2.38. The lowest BCUT2D eigenvalue weighted by molar-refractivity contribution is -0.136. The van der Waals surface area contributed by atoms with E-state index in [2.05, 4.69) is 74.0 Å². The third kappa shape index (κ3) is 3.17. The van der Waals surface area contributed by atoms with Crippen LogP contribution in [0.2, 0.25) is 0 Å². The van der Waals surface area contributed by atoms with Gasteiger partial charge in [-0.25, -0.2) is 0 Å². The number of carbonyl (C=O) groups is 1. The van der Waals surface area contributed by atoms with Gasteiger partial charge in [-0.1, -0.05) is 41.8 Å². The number of carboxylic acid groups (broad SMARTS) is 1. The molecule has 4 rings (SSSR count). The molecular formula is C24H25NO2S2. The normalized spacial score (nSPS) is 15.2. The topological polar surface area (TPSA) is 40.5 Å². The number of nitrogens with zero attached hydrogens (tertiary/aromatic N) is 1. The summed E-state index contributed by atoms with van der Waals surface area (Å²) < 4.78 is 2.35. The van der Waals surface area contributed by atoms with Gasteiger partial charge in [0.05, 0.1) is 18.2 Å². The number of rotatable bonds is 4. The van der Waals surface area contributed by atoms with Crippen molar-refractivity contribution >= 4 is 34.9 Å². The summed E-state index contributed by atoms with van der Waals surface area (Å²) in [5, 5.41) is 11.9. The lowest BCUT2D eigenvalue weighted by atomic mass is 9.81. The zero-order valence-electron chi connectivity index (χ0n) is 17.4. The highest BCUT2D eigenvalue weighted by Crippen LogP contribution is 2.54. The van der Waals surface area contributed by atoms with Gasteiger partial charge in [-0.3, -0.25) is 4.79 Å². The van der Waals surface area contributed by atoms with E-state index in [4.69, 9.17) is 0 Å². The van der Waals surface area contributed by atoms with Crippen molar-refractivity contribution in [2.45, 2.75) is 40.2 Å². The van der Waals surface area contributed by atoms with Gasteiger partial charge >= 0.3 is 5.97 Å². The fourth-order valence-corrected chi connectivity index (χ4v) is 6.38. The minimum Gasteiger partial charge on any atom is -0.481 e. The second kappa shape index (κ2) is 7.54. The van der Waals surface area contributed by atoms with Gasteiger partial charge in [-0.2, -0.15) is 0 Å². The molecule has 0 saturated heterocycles. The molecule has 0 saturated carbocycles. The van der Waals surface area contributed by atoms with Gasteiger partial charge in [0.25, 0.3) is 0 Å². The van der Waals surface area contributed by atoms with Crippen LogP contribution in [-0.4, -0.2) is 17.3 Å². The number of carboxylic acids is 1. The summed E-state index contributed by atoms with van der Waals surface area (Å²) in [7, 11) is 0. The second-order valence-corrected chi connectivity index (χ2v) is 9.35. The molecule has 0 unspecified atom stereocenters. The molecule has 0 bridgehead atoms. The molecular weight excluding hydrogens is 398 g/mol. The third-order valence-corrected chi connectivity index (χ3v) is 7.86. The molecule has 0 radical (unpaired) electrons. The van der Waals surface area contributed by atoms with Crippen LogP contribution in [0.4, 0.5) is 5.69 Å². The summed E-state index contributed by atoms with van der Waals surface area (Å²) in [6, 6.07) is 10.9. The molecule has 29 heavy (non-hydrogen) atoms. The molecule has 3 aromatic rings. The Morgan fingerprint density at radius 3 is 2.41 bits per heavy atom. The fraction of sp³-hybridized carbons (Fsp3) is 0.292. The average Bonchev–Trinajstić information content (AvgIpc) is 3.17. The van der Waals surface area contributed by atoms with Crippen LogP contribution >= 0.6 is 23.3 Å². The Morgan fingerprint density at radius 2 is 1.79 bits per heavy atom. The van der Waals surface area contributed by atoms with E-state index >= 15 is 0 Å². The van der Waals surface area contributed by atoms with Crippen molar-refractivity contribution in [3.05, 3.63) is 62.8 Å². The van der Waals surface area contributed by atoms with Crippen LogP contribution in [0.25, 0.3) is 22.3 Å². The van der Waals surface area contributed by atoms with Crippen LogP contribution in [0, 0.1) is 20.8 Å². The van der Waals surface area contributed by atoms with Crippen molar-refractivity contribution in [2.75, 3.05) is 10.6 Å². The minimum atomic E-state index is -0.795. The number of benzene rings is 2. The molecule has 1 aliphatic rings. The predicted octanol–water partition coefficient (Wildman–Crippen LogP) is 6.79. The van der Waals surface area contributed by atoms with Crippen molar-refractivity contribution in [2.24, 2.45) is 0 Å². The quantitative estimate of drug-likeness (QED) is 0.469. The summed E-state index contributed by atoms with van der Waals surface area (Å²) in [5.41, 5.74) is 10.2. The van der Waals surface area contributed by atoms with Gasteiger partial charge in [0, 0.05) is 22.3 Å². The number of anilines is 1. The van der Waals surface area contributed by atoms with Gasteiger partial charge in [-0.05, 0) is 67.0 Å². The highest BCUT2D eigenvalue weighted by Gasteiger charge is 2.34. The third-order valence-electron chi connectivity index (χ3n) is 5.88. The molecule has 2 heterocycles. The zero-order valence-corrected chi connectivity index (χ0v) is 19.0. The van der Waals surface area contributed by atoms with Crippen LogP contribution in [0.1, 0.15) is 40.1 Å². The highest BCUT2D eigenvalue weighted by atomic mass is 32.2. The van der Waals surface area contributed by atoms with Crippen molar-refractivity contribution in [3.8, 4) is 22.3 Å². The minimum absolute atomic E-state index is 0.0241. The number of aliphatic carboxylic acids is 1. The van der Waals surface area contributed by atoms with Crippen LogP contribution in [0.5, 0.6) is 0 Å². The second-order valence-electron chi connectivity index (χ2n) is 7.65. The van der Waals surface area contributed by atoms with Crippen molar-refractivity contribution in [3.63, 3.8) is 0 Å². The Bertz CT molecular complexity index is 1100. The highest BCUT2D eigenvalue weighted by molar-refractivity contribution is 8.00. The SMILES string of the molecule is CSN1c2c(C)c(CC(=O)O)c(-c3ccc(C)cc3)c(C)c2-c2ccsc2[C@@H]1C. The standard InChI is InChI=1S/C24H25NO2S2/c1-13-6-8-17(9-7-13)21-15(3)22-18-10-11-29-24(18)16(4)25(28-5)23(22)14(2)19(21)12-20(26)27/h6-11,16H,12H2,1-5H3,(H,26,27)/t16-/m0/s1. The molecule has 0 spiro atoms. The van der Waals surface area contributed by atoms with Crippen molar-refractivity contribution in [1.29, 1.82) is 0 Å². The van der Waals surface area contributed by atoms with E-state index in [1.807, 2.05) is 0 Å². The van der Waals surface area contributed by atoms with E-state index in [0.717, 1.165) is 27.8 Å². The van der Waals surface area contributed by atoms with E-state index in [0.29, 0.717) is 0 Å². The Hall–Kier alpha value is -2.24. The maximum absolute atomic E-state index is 11.8. The molecule has 0 fully saturated rings. The first-order valence-corrected chi connectivity index (χ1v) is 11.8. The molecule has 2 aromatic carbocycles. The fourth-order valence-electron chi connectivity index (χ4n) is 4.54. The smallest absolute Gasteiger partial charge is 0.307 e. The molecule has 1 aliphatic heterocycles. The molecule has 5 heteroatoms. The Kier molecular flexibility index (Phi) is 5.21. The van der Waals surface area contributed by atoms with Gasteiger partial charge in [0.15, 0.2) is 0 Å². The van der Waals surface area contributed by atoms with E-state index in [9.17, 15) is 9.90 Å². The van der Waals surface area contributed by atoms with Crippen LogP contribution in [0.15, 0.2) is 35.7 Å². The van der Waals surface area contributed by atoms with Gasteiger partial charge in [0.2, 0.25) is 0 Å². The number of hydrogen-bond acceptors (Lipinski definition) is 4. The largest absolute Gasteiger partial charge is 0.481 e. The molecule has 0 aliphatic carbocycles. The maximum atomic E-state index is 11.8. The molecule has 150 valence electrons. The van der Waals surface area contributed by atoms with E-state index in [1.165, 1.54) is 27.3 Å². The van der Waals surface area contributed by atoms with Crippen LogP contribution in [0.3, 0.4) is 0 Å². The van der Waals surface area contributed by atoms with Crippen LogP contribution < -0.4 is 4.31 Å². The van der Waals surface area contributed by atoms with Gasteiger partial charge in [0.1, 0.15) is 0 Å². The summed E-state index contributed by atoms with van der Waals surface area (Å²) in [4.78, 5) is 13.2. The molecule has 1 N–H and O–H groups in total. The molecule has 1 aromatic heterocycles. The van der Waals surface area contributed by atoms with Crippen molar-refractivity contribution in [1.82, 2.24) is 0 Å². The predicted molar refractivity (Wildman–Crippen MR) is 125 cm³/mol. The van der Waals surface area contributed by atoms with Crippen molar-refractivity contribution < 1.29 is 9.90 Å².